The molecule has 1 aromatic carbocycles. The van der Waals surface area contributed by atoms with E-state index in [4.69, 9.17) is 9.15 Å². The number of amides is 2. The number of benzene rings is 1. The minimum absolute atomic E-state index is 0.157. The number of carbonyl (C=O) groups excluding carboxylic acids is 2. The molecule has 0 unspecified atom stereocenters. The molecule has 126 valence electrons. The molecular formula is C18H20N2O4. The van der Waals surface area contributed by atoms with Crippen LogP contribution in [0.15, 0.2) is 40.8 Å². The summed E-state index contributed by atoms with van der Waals surface area (Å²) >= 11 is 0. The summed E-state index contributed by atoms with van der Waals surface area (Å²) in [4.78, 5) is 25.4. The van der Waals surface area contributed by atoms with Crippen molar-refractivity contribution in [3.8, 4) is 17.1 Å². The largest absolute Gasteiger partial charge is 0.497 e. The van der Waals surface area contributed by atoms with Crippen molar-refractivity contribution in [3.05, 3.63) is 42.2 Å². The maximum absolute atomic E-state index is 12.1. The molecule has 3 rings (SSSR count). The second kappa shape index (κ2) is 7.21. The number of likely N-dealkylation sites (tertiary alicyclic amines) is 1. The molecule has 1 saturated heterocycles. The first-order valence-electron chi connectivity index (χ1n) is 7.97. The van der Waals surface area contributed by atoms with Crippen LogP contribution < -0.4 is 10.1 Å². The topological polar surface area (TPSA) is 71.8 Å². The molecule has 0 atom stereocenters. The third-order valence-corrected chi connectivity index (χ3v) is 4.04. The monoisotopic (exact) mass is 328 g/mol. The first-order valence-corrected chi connectivity index (χ1v) is 7.97. The summed E-state index contributed by atoms with van der Waals surface area (Å²) in [6.45, 7) is 1.73. The summed E-state index contributed by atoms with van der Waals surface area (Å²) in [5.41, 5.74) is 0.873. The number of nitrogens with one attached hydrogen (secondary N) is 1. The van der Waals surface area contributed by atoms with Crippen LogP contribution in [0.1, 0.15) is 23.4 Å². The second-order valence-corrected chi connectivity index (χ2v) is 5.63. The van der Waals surface area contributed by atoms with Gasteiger partial charge < -0.3 is 19.4 Å². The molecule has 0 bridgehead atoms. The van der Waals surface area contributed by atoms with Gasteiger partial charge in [0.1, 0.15) is 11.5 Å². The zero-order valence-corrected chi connectivity index (χ0v) is 13.6. The SMILES string of the molecule is COc1ccc(-c2ccc(C(=O)NCCN3CCCC3=O)o2)cc1. The zero-order valence-electron chi connectivity index (χ0n) is 13.6. The summed E-state index contributed by atoms with van der Waals surface area (Å²) in [5.74, 6) is 1.52. The van der Waals surface area contributed by atoms with Gasteiger partial charge >= 0.3 is 0 Å². The van der Waals surface area contributed by atoms with E-state index >= 15 is 0 Å². The highest BCUT2D eigenvalue weighted by molar-refractivity contribution is 5.92. The first kappa shape index (κ1) is 16.1. The van der Waals surface area contributed by atoms with Gasteiger partial charge in [-0.1, -0.05) is 0 Å². The lowest BCUT2D eigenvalue weighted by Crippen LogP contribution is -2.35. The molecule has 2 heterocycles. The van der Waals surface area contributed by atoms with Crippen molar-refractivity contribution >= 4 is 11.8 Å². The van der Waals surface area contributed by atoms with E-state index in [-0.39, 0.29) is 17.6 Å². The quantitative estimate of drug-likeness (QED) is 0.883. The number of ether oxygens (including phenoxy) is 1. The van der Waals surface area contributed by atoms with Crippen LogP contribution in [0.2, 0.25) is 0 Å². The Bertz CT molecular complexity index is 721. The molecule has 0 radical (unpaired) electrons. The van der Waals surface area contributed by atoms with Crippen LogP contribution in [0.25, 0.3) is 11.3 Å². The predicted molar refractivity (Wildman–Crippen MR) is 88.8 cm³/mol. The molecule has 1 aromatic heterocycles. The second-order valence-electron chi connectivity index (χ2n) is 5.63. The van der Waals surface area contributed by atoms with Crippen LogP contribution in [0.3, 0.4) is 0 Å². The van der Waals surface area contributed by atoms with Crippen molar-refractivity contribution in [2.24, 2.45) is 0 Å². The van der Waals surface area contributed by atoms with Crippen LogP contribution in [-0.2, 0) is 4.79 Å². The smallest absolute Gasteiger partial charge is 0.287 e. The van der Waals surface area contributed by atoms with E-state index in [2.05, 4.69) is 5.32 Å². The van der Waals surface area contributed by atoms with E-state index < -0.39 is 0 Å². The number of furan rings is 1. The van der Waals surface area contributed by atoms with Crippen molar-refractivity contribution in [1.82, 2.24) is 10.2 Å². The minimum atomic E-state index is -0.276. The van der Waals surface area contributed by atoms with Crippen LogP contribution in [0.4, 0.5) is 0 Å². The van der Waals surface area contributed by atoms with Gasteiger partial charge in [0.2, 0.25) is 5.91 Å². The van der Waals surface area contributed by atoms with E-state index in [1.807, 2.05) is 24.3 Å². The van der Waals surface area contributed by atoms with Crippen molar-refractivity contribution in [2.75, 3.05) is 26.7 Å². The third kappa shape index (κ3) is 3.59. The van der Waals surface area contributed by atoms with Crippen molar-refractivity contribution in [1.29, 1.82) is 0 Å². The molecule has 6 nitrogen and oxygen atoms in total. The van der Waals surface area contributed by atoms with Gasteiger partial charge in [-0.2, -0.15) is 0 Å². The van der Waals surface area contributed by atoms with Crippen molar-refractivity contribution < 1.29 is 18.7 Å². The lowest BCUT2D eigenvalue weighted by Gasteiger charge is -2.15. The van der Waals surface area contributed by atoms with Gasteiger partial charge in [0.05, 0.1) is 7.11 Å². The minimum Gasteiger partial charge on any atom is -0.497 e. The lowest BCUT2D eigenvalue weighted by atomic mass is 10.2. The van der Waals surface area contributed by atoms with Crippen LogP contribution in [0, 0.1) is 0 Å². The molecule has 1 aliphatic rings. The Morgan fingerprint density at radius 2 is 2.04 bits per heavy atom. The van der Waals surface area contributed by atoms with E-state index in [1.54, 1.807) is 24.1 Å². The maximum Gasteiger partial charge on any atom is 0.287 e. The highest BCUT2D eigenvalue weighted by Gasteiger charge is 2.20. The summed E-state index contributed by atoms with van der Waals surface area (Å²) < 4.78 is 10.7. The Labute approximate surface area is 140 Å². The number of hydrogen-bond acceptors (Lipinski definition) is 4. The number of methoxy groups -OCH3 is 1. The Hall–Kier alpha value is -2.76. The fourth-order valence-corrected chi connectivity index (χ4v) is 2.70. The summed E-state index contributed by atoms with van der Waals surface area (Å²) in [7, 11) is 1.61. The van der Waals surface area contributed by atoms with E-state index in [1.165, 1.54) is 0 Å². The van der Waals surface area contributed by atoms with Crippen LogP contribution >= 0.6 is 0 Å². The first-order chi connectivity index (χ1) is 11.7. The van der Waals surface area contributed by atoms with Crippen molar-refractivity contribution in [2.45, 2.75) is 12.8 Å². The number of rotatable bonds is 6. The van der Waals surface area contributed by atoms with Gasteiger partial charge in [0.15, 0.2) is 5.76 Å². The summed E-state index contributed by atoms with van der Waals surface area (Å²) in [6.07, 6.45) is 1.51. The number of nitrogens with zero attached hydrogens (tertiary/aromatic N) is 1. The number of carbonyl (C=O) groups is 2. The van der Waals surface area contributed by atoms with E-state index in [9.17, 15) is 9.59 Å². The molecule has 6 heteroatoms. The van der Waals surface area contributed by atoms with Gasteiger partial charge in [-0.05, 0) is 42.8 Å². The normalized spacial score (nSPS) is 14.0. The standard InChI is InChI=1S/C18H20N2O4/c1-23-14-6-4-13(5-7-14)15-8-9-16(24-15)18(22)19-10-12-20-11-2-3-17(20)21/h4-9H,2-3,10-12H2,1H3,(H,19,22). The lowest BCUT2D eigenvalue weighted by molar-refractivity contribution is -0.127. The van der Waals surface area contributed by atoms with Crippen LogP contribution in [0.5, 0.6) is 5.75 Å². The molecule has 0 aliphatic carbocycles. The van der Waals surface area contributed by atoms with Gasteiger partial charge in [-0.3, -0.25) is 9.59 Å². The van der Waals surface area contributed by atoms with Gasteiger partial charge in [0.25, 0.3) is 5.91 Å². The van der Waals surface area contributed by atoms with E-state index in [0.717, 1.165) is 24.3 Å². The molecular weight excluding hydrogens is 308 g/mol. The molecule has 1 fully saturated rings. The highest BCUT2D eigenvalue weighted by atomic mass is 16.5. The fourth-order valence-electron chi connectivity index (χ4n) is 2.70. The third-order valence-electron chi connectivity index (χ3n) is 4.04. The molecule has 0 saturated carbocycles. The van der Waals surface area contributed by atoms with Gasteiger partial charge in [-0.15, -0.1) is 0 Å². The maximum atomic E-state index is 12.1. The Morgan fingerprint density at radius 3 is 2.71 bits per heavy atom. The molecule has 1 N–H and O–H groups in total. The Balaban J connectivity index is 1.55. The summed E-state index contributed by atoms with van der Waals surface area (Å²) in [6, 6.07) is 10.8. The highest BCUT2D eigenvalue weighted by Crippen LogP contribution is 2.24. The Kier molecular flexibility index (Phi) is 4.84. The Morgan fingerprint density at radius 1 is 1.25 bits per heavy atom. The van der Waals surface area contributed by atoms with Crippen LogP contribution in [-0.4, -0.2) is 43.5 Å². The molecule has 2 aromatic rings. The fraction of sp³-hybridized carbons (Fsp3) is 0.333. The average molecular weight is 328 g/mol. The predicted octanol–water partition coefficient (Wildman–Crippen LogP) is 2.31. The van der Waals surface area contributed by atoms with E-state index in [0.29, 0.717) is 25.3 Å². The van der Waals surface area contributed by atoms with Crippen molar-refractivity contribution in [3.63, 3.8) is 0 Å². The van der Waals surface area contributed by atoms with Gasteiger partial charge in [0, 0.05) is 31.6 Å². The zero-order chi connectivity index (χ0) is 16.9. The molecule has 24 heavy (non-hydrogen) atoms. The molecule has 2 amide bonds. The van der Waals surface area contributed by atoms with Gasteiger partial charge in [-0.25, -0.2) is 0 Å². The summed E-state index contributed by atoms with van der Waals surface area (Å²) in [5, 5.41) is 2.78. The number of hydrogen-bond donors (Lipinski definition) is 1. The average Bonchev–Trinajstić information content (AvgIpc) is 3.25. The molecule has 0 spiro atoms. The molecule has 1 aliphatic heterocycles.